The highest BCUT2D eigenvalue weighted by molar-refractivity contribution is 6.84. The van der Waals surface area contributed by atoms with E-state index in [0.29, 0.717) is 0 Å². The molecule has 0 aromatic rings. The molecule has 0 aromatic carbocycles. The van der Waals surface area contributed by atoms with Crippen molar-refractivity contribution in [2.45, 2.75) is 58.7 Å². The van der Waals surface area contributed by atoms with Crippen LogP contribution >= 0.6 is 0 Å². The van der Waals surface area contributed by atoms with Crippen LogP contribution in [-0.4, -0.2) is 21.3 Å². The minimum atomic E-state index is -1.05. The van der Waals surface area contributed by atoms with Crippen molar-refractivity contribution < 1.29 is 4.74 Å². The van der Waals surface area contributed by atoms with Gasteiger partial charge in [0.1, 0.15) is 0 Å². The average Bonchev–Trinajstić information content (AvgIpc) is 2.29. The van der Waals surface area contributed by atoms with Gasteiger partial charge in [0.05, 0.1) is 14.7 Å². The second kappa shape index (κ2) is 9.17. The third-order valence-corrected chi connectivity index (χ3v) is 8.61. The highest BCUT2D eigenvalue weighted by Crippen LogP contribution is 2.21. The van der Waals surface area contributed by atoms with Crippen LogP contribution in [0.25, 0.3) is 0 Å². The summed E-state index contributed by atoms with van der Waals surface area (Å²) in [5.41, 5.74) is 2.50. The Balaban J connectivity index is 3.80. The Morgan fingerprint density at radius 1 is 1.00 bits per heavy atom. The molecule has 0 N–H and O–H groups in total. The van der Waals surface area contributed by atoms with E-state index in [-0.39, 0.29) is 0 Å². The summed E-state index contributed by atoms with van der Waals surface area (Å²) in [7, 11) is -1.05. The molecule has 0 atom stereocenters. The SMILES string of the molecule is CCCCOC/C=C/[Si](CC)(CC)CC. The molecular formula is C13H28OSi. The molecule has 0 saturated heterocycles. The molecule has 0 saturated carbocycles. The van der Waals surface area contributed by atoms with Crippen LogP contribution in [0, 0.1) is 0 Å². The van der Waals surface area contributed by atoms with Gasteiger partial charge in [-0.05, 0) is 6.42 Å². The number of hydrogen-bond donors (Lipinski definition) is 0. The first kappa shape index (κ1) is 14.9. The van der Waals surface area contributed by atoms with Crippen LogP contribution in [0.4, 0.5) is 0 Å². The third kappa shape index (κ3) is 6.16. The van der Waals surface area contributed by atoms with Gasteiger partial charge in [-0.2, -0.15) is 0 Å². The fourth-order valence-electron chi connectivity index (χ4n) is 1.80. The molecule has 0 aliphatic rings. The van der Waals surface area contributed by atoms with E-state index < -0.39 is 8.07 Å². The maximum Gasteiger partial charge on any atom is 0.0767 e. The Bertz CT molecular complexity index is 154. The Kier molecular flexibility index (Phi) is 9.11. The minimum Gasteiger partial charge on any atom is -0.377 e. The van der Waals surface area contributed by atoms with Gasteiger partial charge in [-0.3, -0.25) is 0 Å². The first-order valence-corrected chi connectivity index (χ1v) is 9.20. The molecule has 0 unspecified atom stereocenters. The highest BCUT2D eigenvalue weighted by Gasteiger charge is 2.22. The summed E-state index contributed by atoms with van der Waals surface area (Å²) >= 11 is 0. The van der Waals surface area contributed by atoms with Crippen molar-refractivity contribution in [1.82, 2.24) is 0 Å². The van der Waals surface area contributed by atoms with Crippen LogP contribution in [0.3, 0.4) is 0 Å². The minimum absolute atomic E-state index is 0.814. The largest absolute Gasteiger partial charge is 0.377 e. The molecule has 0 heterocycles. The second-order valence-corrected chi connectivity index (χ2v) is 9.43. The quantitative estimate of drug-likeness (QED) is 0.420. The van der Waals surface area contributed by atoms with E-state index in [1.807, 2.05) is 0 Å². The summed E-state index contributed by atoms with van der Waals surface area (Å²) in [5, 5.41) is 0. The van der Waals surface area contributed by atoms with Crippen LogP contribution in [0.5, 0.6) is 0 Å². The topological polar surface area (TPSA) is 9.23 Å². The van der Waals surface area contributed by atoms with Gasteiger partial charge >= 0.3 is 0 Å². The molecule has 0 spiro atoms. The van der Waals surface area contributed by atoms with Crippen LogP contribution in [-0.2, 0) is 4.74 Å². The lowest BCUT2D eigenvalue weighted by Crippen LogP contribution is -2.28. The second-order valence-electron chi connectivity index (χ2n) is 4.25. The maximum atomic E-state index is 5.54. The number of ether oxygens (including phenoxy) is 1. The van der Waals surface area contributed by atoms with Gasteiger partial charge in [0.2, 0.25) is 0 Å². The van der Waals surface area contributed by atoms with E-state index in [1.165, 1.54) is 31.0 Å². The van der Waals surface area contributed by atoms with Gasteiger partial charge < -0.3 is 4.74 Å². The molecule has 0 bridgehead atoms. The van der Waals surface area contributed by atoms with E-state index in [9.17, 15) is 0 Å². The van der Waals surface area contributed by atoms with Gasteiger partial charge in [0, 0.05) is 6.61 Å². The summed E-state index contributed by atoms with van der Waals surface area (Å²) in [5.74, 6) is 0. The molecule has 0 radical (unpaired) electrons. The van der Waals surface area contributed by atoms with E-state index in [2.05, 4.69) is 39.5 Å². The van der Waals surface area contributed by atoms with Crippen LogP contribution in [0.1, 0.15) is 40.5 Å². The third-order valence-electron chi connectivity index (χ3n) is 3.44. The summed E-state index contributed by atoms with van der Waals surface area (Å²) < 4.78 is 5.54. The molecule has 0 aliphatic heterocycles. The van der Waals surface area contributed by atoms with Crippen molar-refractivity contribution in [1.29, 1.82) is 0 Å². The van der Waals surface area contributed by atoms with Crippen molar-refractivity contribution in [3.8, 4) is 0 Å². The Morgan fingerprint density at radius 2 is 1.60 bits per heavy atom. The van der Waals surface area contributed by atoms with Crippen LogP contribution in [0.2, 0.25) is 18.1 Å². The summed E-state index contributed by atoms with van der Waals surface area (Å²) in [4.78, 5) is 0. The van der Waals surface area contributed by atoms with E-state index >= 15 is 0 Å². The summed E-state index contributed by atoms with van der Waals surface area (Å²) in [6.45, 7) is 10.9. The molecule has 0 amide bonds. The van der Waals surface area contributed by atoms with Crippen molar-refractivity contribution in [2.24, 2.45) is 0 Å². The summed E-state index contributed by atoms with van der Waals surface area (Å²) in [6.07, 6.45) is 4.67. The molecule has 2 heteroatoms. The first-order valence-electron chi connectivity index (χ1n) is 6.50. The van der Waals surface area contributed by atoms with E-state index in [0.717, 1.165) is 13.2 Å². The zero-order chi connectivity index (χ0) is 11.6. The normalized spacial score (nSPS) is 12.5. The van der Waals surface area contributed by atoms with Gasteiger partial charge in [0.15, 0.2) is 0 Å². The fourth-order valence-corrected chi connectivity index (χ4v) is 4.60. The molecule has 15 heavy (non-hydrogen) atoms. The average molecular weight is 228 g/mol. The molecular weight excluding hydrogens is 200 g/mol. The number of unbranched alkanes of at least 4 members (excludes halogenated alkanes) is 1. The number of rotatable bonds is 9. The van der Waals surface area contributed by atoms with Crippen molar-refractivity contribution in [3.63, 3.8) is 0 Å². The van der Waals surface area contributed by atoms with Crippen LogP contribution in [0.15, 0.2) is 11.8 Å². The first-order chi connectivity index (χ1) is 7.24. The van der Waals surface area contributed by atoms with E-state index in [4.69, 9.17) is 4.74 Å². The van der Waals surface area contributed by atoms with Gasteiger partial charge in [-0.1, -0.05) is 64.0 Å². The zero-order valence-electron chi connectivity index (χ0n) is 11.0. The molecule has 0 aromatic heterocycles. The lowest BCUT2D eigenvalue weighted by Gasteiger charge is -2.23. The molecule has 0 aliphatic carbocycles. The predicted octanol–water partition coefficient (Wildman–Crippen LogP) is 4.41. The maximum absolute atomic E-state index is 5.54. The van der Waals surface area contributed by atoms with Crippen molar-refractivity contribution >= 4 is 8.07 Å². The Labute approximate surface area is 96.9 Å². The monoisotopic (exact) mass is 228 g/mol. The Morgan fingerprint density at radius 3 is 2.07 bits per heavy atom. The van der Waals surface area contributed by atoms with Gasteiger partial charge in [-0.15, -0.1) is 0 Å². The smallest absolute Gasteiger partial charge is 0.0767 e. The van der Waals surface area contributed by atoms with Gasteiger partial charge in [0.25, 0.3) is 0 Å². The molecule has 0 fully saturated rings. The lowest BCUT2D eigenvalue weighted by atomic mass is 10.4. The lowest BCUT2D eigenvalue weighted by molar-refractivity contribution is 0.159. The zero-order valence-corrected chi connectivity index (χ0v) is 12.0. The highest BCUT2D eigenvalue weighted by atomic mass is 28.3. The van der Waals surface area contributed by atoms with Crippen molar-refractivity contribution in [3.05, 3.63) is 11.8 Å². The fraction of sp³-hybridized carbons (Fsp3) is 0.846. The van der Waals surface area contributed by atoms with E-state index in [1.54, 1.807) is 0 Å². The number of hydrogen-bond acceptors (Lipinski definition) is 1. The van der Waals surface area contributed by atoms with Crippen LogP contribution < -0.4 is 0 Å². The molecule has 1 nitrogen and oxygen atoms in total. The van der Waals surface area contributed by atoms with Gasteiger partial charge in [-0.25, -0.2) is 0 Å². The van der Waals surface area contributed by atoms with Crippen molar-refractivity contribution in [2.75, 3.05) is 13.2 Å². The standard InChI is InChI=1S/C13H28OSi/c1-5-9-11-14-12-10-13-15(6-2,7-3)8-4/h10,13H,5-9,11-12H2,1-4H3/b13-10+. The Hall–Kier alpha value is -0.0831. The predicted molar refractivity (Wildman–Crippen MR) is 72.1 cm³/mol. The molecule has 90 valence electrons. The summed E-state index contributed by atoms with van der Waals surface area (Å²) in [6, 6.07) is 4.10. The molecule has 0 rings (SSSR count).